The Morgan fingerprint density at radius 2 is 1.73 bits per heavy atom. The molecule has 4 heteroatoms. The van der Waals surface area contributed by atoms with E-state index in [0.29, 0.717) is 10.3 Å². The summed E-state index contributed by atoms with van der Waals surface area (Å²) in [7, 11) is -3.11. The maximum absolute atomic E-state index is 11.6. The van der Waals surface area contributed by atoms with Gasteiger partial charge in [-0.05, 0) is 97.7 Å². The Morgan fingerprint density at radius 3 is 2.47 bits per heavy atom. The Hall–Kier alpha value is -1.65. The van der Waals surface area contributed by atoms with Crippen molar-refractivity contribution in [1.82, 2.24) is 4.90 Å². The summed E-state index contributed by atoms with van der Waals surface area (Å²) in [6.45, 7) is 3.26. The summed E-state index contributed by atoms with van der Waals surface area (Å²) in [6.07, 6.45) is 10.8. The molecular formula is C26H33NO2S. The van der Waals surface area contributed by atoms with Gasteiger partial charge in [-0.3, -0.25) is 4.90 Å². The van der Waals surface area contributed by atoms with E-state index in [2.05, 4.69) is 29.2 Å². The van der Waals surface area contributed by atoms with Crippen molar-refractivity contribution in [3.05, 3.63) is 65.2 Å². The normalized spacial score (nSPS) is 26.8. The van der Waals surface area contributed by atoms with Crippen LogP contribution >= 0.6 is 0 Å². The van der Waals surface area contributed by atoms with Gasteiger partial charge in [-0.25, -0.2) is 8.42 Å². The molecule has 1 saturated heterocycles. The highest BCUT2D eigenvalue weighted by atomic mass is 32.2. The van der Waals surface area contributed by atoms with E-state index in [1.54, 1.807) is 23.3 Å². The van der Waals surface area contributed by atoms with E-state index < -0.39 is 9.84 Å². The van der Waals surface area contributed by atoms with E-state index in [1.807, 2.05) is 12.1 Å². The topological polar surface area (TPSA) is 37.4 Å². The molecule has 0 bridgehead atoms. The van der Waals surface area contributed by atoms with Gasteiger partial charge in [0.1, 0.15) is 0 Å². The third-order valence-electron chi connectivity index (χ3n) is 8.01. The van der Waals surface area contributed by atoms with Crippen molar-refractivity contribution >= 4 is 9.84 Å². The molecule has 0 amide bonds. The molecule has 160 valence electrons. The number of hydrogen-bond donors (Lipinski definition) is 0. The van der Waals surface area contributed by atoms with Crippen LogP contribution in [0, 0.1) is 11.8 Å². The van der Waals surface area contributed by atoms with Gasteiger partial charge < -0.3 is 0 Å². The number of fused-ring (bicyclic) bond motifs is 2. The fourth-order valence-electron chi connectivity index (χ4n) is 6.08. The van der Waals surface area contributed by atoms with Gasteiger partial charge in [-0.1, -0.05) is 42.8 Å². The van der Waals surface area contributed by atoms with Crippen LogP contribution in [0.15, 0.2) is 53.4 Å². The Labute approximate surface area is 181 Å². The molecular weight excluding hydrogens is 390 g/mol. The van der Waals surface area contributed by atoms with Gasteiger partial charge in [-0.15, -0.1) is 0 Å². The van der Waals surface area contributed by atoms with Crippen LogP contribution in [-0.2, 0) is 28.2 Å². The van der Waals surface area contributed by atoms with E-state index in [1.165, 1.54) is 56.8 Å². The van der Waals surface area contributed by atoms with Crippen molar-refractivity contribution in [2.45, 2.75) is 61.8 Å². The van der Waals surface area contributed by atoms with E-state index in [0.717, 1.165) is 31.5 Å². The quantitative estimate of drug-likeness (QED) is 0.657. The van der Waals surface area contributed by atoms with Crippen LogP contribution in [0.1, 0.15) is 55.2 Å². The predicted octanol–water partition coefficient (Wildman–Crippen LogP) is 4.99. The number of likely N-dealkylation sites (tertiary alicyclic amines) is 1. The molecule has 2 aliphatic carbocycles. The molecule has 30 heavy (non-hydrogen) atoms. The summed E-state index contributed by atoms with van der Waals surface area (Å²) in [5.74, 6) is 1.80. The van der Waals surface area contributed by atoms with Crippen LogP contribution < -0.4 is 0 Å². The Bertz CT molecular complexity index is 1010. The number of rotatable bonds is 6. The van der Waals surface area contributed by atoms with Crippen LogP contribution in [0.4, 0.5) is 0 Å². The fraction of sp³-hybridized carbons (Fsp3) is 0.538. The Balaban J connectivity index is 1.08. The van der Waals surface area contributed by atoms with E-state index >= 15 is 0 Å². The van der Waals surface area contributed by atoms with Gasteiger partial charge in [0.25, 0.3) is 0 Å². The van der Waals surface area contributed by atoms with Crippen molar-refractivity contribution in [2.24, 2.45) is 11.8 Å². The SMILES string of the molecule is CS(=O)(=O)c1ccc(CN2CCC(CCC3CC34CCc3ccccc34)CC2)cc1. The molecule has 3 nitrogen and oxygen atoms in total. The third-order valence-corrected chi connectivity index (χ3v) is 9.14. The summed E-state index contributed by atoms with van der Waals surface area (Å²) in [4.78, 5) is 2.94. The molecule has 2 aromatic rings. The molecule has 3 aliphatic rings. The number of piperidine rings is 1. The average Bonchev–Trinajstić information content (AvgIpc) is 3.33. The van der Waals surface area contributed by atoms with E-state index in [4.69, 9.17) is 0 Å². The van der Waals surface area contributed by atoms with Gasteiger partial charge in [0.15, 0.2) is 9.84 Å². The highest BCUT2D eigenvalue weighted by Gasteiger charge is 2.57. The lowest BCUT2D eigenvalue weighted by Crippen LogP contribution is -2.33. The summed E-state index contributed by atoms with van der Waals surface area (Å²) in [6, 6.07) is 16.6. The van der Waals surface area contributed by atoms with Crippen LogP contribution in [0.25, 0.3) is 0 Å². The molecule has 0 aromatic heterocycles. The second-order valence-electron chi connectivity index (χ2n) is 9.93. The Morgan fingerprint density at radius 1 is 1.00 bits per heavy atom. The van der Waals surface area contributed by atoms with Gasteiger partial charge in [0.2, 0.25) is 0 Å². The molecule has 1 heterocycles. The number of sulfone groups is 1. The standard InChI is InChI=1S/C26H33NO2S/c1-30(28,29)24-10-7-21(8-11-24)19-27-16-13-20(14-17-27)6-9-23-18-26(23)15-12-22-4-2-3-5-25(22)26/h2-5,7-8,10-11,20,23H,6,9,12-19H2,1H3. The van der Waals surface area contributed by atoms with Crippen LogP contribution in [0.5, 0.6) is 0 Å². The first-order valence-corrected chi connectivity index (χ1v) is 13.4. The van der Waals surface area contributed by atoms with E-state index in [-0.39, 0.29) is 0 Å². The Kier molecular flexibility index (Phi) is 5.27. The molecule has 2 atom stereocenters. The van der Waals surface area contributed by atoms with Crippen LogP contribution in [-0.4, -0.2) is 32.7 Å². The maximum atomic E-state index is 11.6. The van der Waals surface area contributed by atoms with Crippen molar-refractivity contribution < 1.29 is 8.42 Å². The minimum absolute atomic E-state index is 0.410. The van der Waals surface area contributed by atoms with Crippen molar-refractivity contribution in [1.29, 1.82) is 0 Å². The second-order valence-corrected chi connectivity index (χ2v) is 11.9. The minimum atomic E-state index is -3.11. The number of hydrogen-bond acceptors (Lipinski definition) is 3. The molecule has 2 fully saturated rings. The molecule has 1 saturated carbocycles. The van der Waals surface area contributed by atoms with Crippen molar-refractivity contribution in [2.75, 3.05) is 19.3 Å². The van der Waals surface area contributed by atoms with Gasteiger partial charge >= 0.3 is 0 Å². The largest absolute Gasteiger partial charge is 0.299 e. The zero-order valence-corrected chi connectivity index (χ0v) is 18.8. The van der Waals surface area contributed by atoms with Gasteiger partial charge in [0, 0.05) is 12.8 Å². The van der Waals surface area contributed by atoms with Gasteiger partial charge in [-0.2, -0.15) is 0 Å². The summed E-state index contributed by atoms with van der Waals surface area (Å²) in [5, 5.41) is 0. The predicted molar refractivity (Wildman–Crippen MR) is 121 cm³/mol. The first-order chi connectivity index (χ1) is 14.4. The summed E-state index contributed by atoms with van der Waals surface area (Å²) >= 11 is 0. The minimum Gasteiger partial charge on any atom is -0.299 e. The number of nitrogens with zero attached hydrogens (tertiary/aromatic N) is 1. The lowest BCUT2D eigenvalue weighted by Gasteiger charge is -2.32. The smallest absolute Gasteiger partial charge is 0.175 e. The van der Waals surface area contributed by atoms with Crippen molar-refractivity contribution in [3.8, 4) is 0 Å². The summed E-state index contributed by atoms with van der Waals surface area (Å²) in [5.41, 5.74) is 5.04. The molecule has 2 unspecified atom stereocenters. The third kappa shape index (κ3) is 3.97. The molecule has 0 N–H and O–H groups in total. The number of benzene rings is 2. The lowest BCUT2D eigenvalue weighted by atomic mass is 9.88. The first-order valence-electron chi connectivity index (χ1n) is 11.5. The van der Waals surface area contributed by atoms with E-state index in [9.17, 15) is 8.42 Å². The molecule has 1 spiro atoms. The molecule has 0 radical (unpaired) electrons. The number of aryl methyl sites for hydroxylation is 1. The molecule has 2 aromatic carbocycles. The monoisotopic (exact) mass is 423 g/mol. The second kappa shape index (κ2) is 7.80. The highest BCUT2D eigenvalue weighted by molar-refractivity contribution is 7.90. The van der Waals surface area contributed by atoms with Gasteiger partial charge in [0.05, 0.1) is 4.90 Å². The average molecular weight is 424 g/mol. The zero-order chi connectivity index (χ0) is 20.8. The highest BCUT2D eigenvalue weighted by Crippen LogP contribution is 2.63. The van der Waals surface area contributed by atoms with Crippen molar-refractivity contribution in [3.63, 3.8) is 0 Å². The van der Waals surface area contributed by atoms with Crippen LogP contribution in [0.3, 0.4) is 0 Å². The zero-order valence-electron chi connectivity index (χ0n) is 18.0. The fourth-order valence-corrected chi connectivity index (χ4v) is 6.71. The van der Waals surface area contributed by atoms with Crippen LogP contribution in [0.2, 0.25) is 0 Å². The summed E-state index contributed by atoms with van der Waals surface area (Å²) < 4.78 is 23.2. The lowest BCUT2D eigenvalue weighted by molar-refractivity contribution is 0.169. The molecule has 1 aliphatic heterocycles. The first kappa shape index (κ1) is 20.3. The molecule has 5 rings (SSSR count). The maximum Gasteiger partial charge on any atom is 0.175 e.